The average molecular weight is 346 g/mol. The van der Waals surface area contributed by atoms with Crippen molar-refractivity contribution >= 4 is 5.91 Å². The fourth-order valence-corrected chi connectivity index (χ4v) is 3.88. The number of amides is 1. The zero-order valence-corrected chi connectivity index (χ0v) is 13.4. The third-order valence-corrected chi connectivity index (χ3v) is 5.01. The number of carbonyl (C=O) groups excluding carboxylic acids is 1. The van der Waals surface area contributed by atoms with Gasteiger partial charge in [0, 0.05) is 25.6 Å². The molecule has 2 aliphatic heterocycles. The molecule has 6 heteroatoms. The van der Waals surface area contributed by atoms with E-state index in [2.05, 4.69) is 10.2 Å². The molecule has 0 unspecified atom stereocenters. The number of piperazine rings is 1. The van der Waals surface area contributed by atoms with Crippen LogP contribution in [-0.4, -0.2) is 30.4 Å². The molecule has 4 rings (SSSR count). The van der Waals surface area contributed by atoms with E-state index in [0.717, 1.165) is 17.2 Å². The summed E-state index contributed by atoms with van der Waals surface area (Å²) in [5.41, 5.74) is 1.81. The number of halogens is 3. The average Bonchev–Trinajstić information content (AvgIpc) is 2.60. The highest BCUT2D eigenvalue weighted by Gasteiger charge is 2.40. The minimum absolute atomic E-state index is 0.0406. The first-order valence-corrected chi connectivity index (χ1v) is 8.23. The van der Waals surface area contributed by atoms with Crippen molar-refractivity contribution in [1.82, 2.24) is 10.2 Å². The molecule has 2 aromatic carbocycles. The Kier molecular flexibility index (Phi) is 3.80. The van der Waals surface area contributed by atoms with Crippen LogP contribution in [0.25, 0.3) is 0 Å². The first-order valence-electron chi connectivity index (χ1n) is 8.23. The number of benzene rings is 2. The second-order valence-corrected chi connectivity index (χ2v) is 6.49. The van der Waals surface area contributed by atoms with Gasteiger partial charge in [-0.1, -0.05) is 42.5 Å². The van der Waals surface area contributed by atoms with Crippen LogP contribution in [0.3, 0.4) is 0 Å². The number of carbonyl (C=O) groups is 1. The predicted molar refractivity (Wildman–Crippen MR) is 87.1 cm³/mol. The summed E-state index contributed by atoms with van der Waals surface area (Å²) in [5.74, 6) is -0.221. The van der Waals surface area contributed by atoms with Gasteiger partial charge in [0.15, 0.2) is 0 Å². The molecule has 1 N–H and O–H groups in total. The number of fused-ring (bicyclic) bond motifs is 3. The standard InChI is InChI=1S/C19H17F3N2O/c20-19(21,22)13-5-3-4-12(10-13)16-11-24-9-8-23-18(25)17(24)15-7-2-1-6-14(15)16/h1-7,10,16-17H,8-9,11H2,(H,23,25)/t16-,17-/m0/s1. The molecule has 2 aromatic rings. The van der Waals surface area contributed by atoms with Crippen LogP contribution in [0.4, 0.5) is 13.2 Å². The molecule has 2 aliphatic rings. The van der Waals surface area contributed by atoms with Gasteiger partial charge < -0.3 is 5.32 Å². The lowest BCUT2D eigenvalue weighted by Gasteiger charge is -2.43. The highest BCUT2D eigenvalue weighted by Crippen LogP contribution is 2.41. The maximum atomic E-state index is 13.1. The molecule has 1 amide bonds. The number of hydrogen-bond donors (Lipinski definition) is 1. The van der Waals surface area contributed by atoms with E-state index in [-0.39, 0.29) is 17.9 Å². The van der Waals surface area contributed by atoms with Crippen molar-refractivity contribution in [3.63, 3.8) is 0 Å². The number of hydrogen-bond acceptors (Lipinski definition) is 2. The normalized spacial score (nSPS) is 23.6. The summed E-state index contributed by atoms with van der Waals surface area (Å²) in [7, 11) is 0. The van der Waals surface area contributed by atoms with Crippen LogP contribution in [0.2, 0.25) is 0 Å². The van der Waals surface area contributed by atoms with Gasteiger partial charge in [0.2, 0.25) is 5.91 Å². The third-order valence-electron chi connectivity index (χ3n) is 5.01. The number of nitrogens with zero attached hydrogens (tertiary/aromatic N) is 1. The van der Waals surface area contributed by atoms with Crippen molar-refractivity contribution in [2.24, 2.45) is 0 Å². The molecular weight excluding hydrogens is 329 g/mol. The van der Waals surface area contributed by atoms with Crippen molar-refractivity contribution in [2.75, 3.05) is 19.6 Å². The summed E-state index contributed by atoms with van der Waals surface area (Å²) in [6.45, 7) is 1.80. The topological polar surface area (TPSA) is 32.3 Å². The van der Waals surface area contributed by atoms with Crippen LogP contribution in [0, 0.1) is 0 Å². The molecule has 0 radical (unpaired) electrons. The van der Waals surface area contributed by atoms with Gasteiger partial charge in [-0.15, -0.1) is 0 Å². The van der Waals surface area contributed by atoms with Crippen molar-refractivity contribution in [3.8, 4) is 0 Å². The van der Waals surface area contributed by atoms with Crippen molar-refractivity contribution in [3.05, 3.63) is 70.8 Å². The molecule has 130 valence electrons. The second kappa shape index (κ2) is 5.88. The van der Waals surface area contributed by atoms with E-state index in [4.69, 9.17) is 0 Å². The Morgan fingerprint density at radius 1 is 1.04 bits per heavy atom. The summed E-state index contributed by atoms with van der Waals surface area (Å²) in [6, 6.07) is 12.7. The second-order valence-electron chi connectivity index (χ2n) is 6.49. The van der Waals surface area contributed by atoms with Gasteiger partial charge >= 0.3 is 6.18 Å². The first kappa shape index (κ1) is 16.1. The lowest BCUT2D eigenvalue weighted by molar-refractivity contribution is -0.137. The summed E-state index contributed by atoms with van der Waals surface area (Å²) in [4.78, 5) is 14.4. The predicted octanol–water partition coefficient (Wildman–Crippen LogP) is 3.32. The molecule has 0 spiro atoms. The van der Waals surface area contributed by atoms with Crippen LogP contribution in [0.5, 0.6) is 0 Å². The summed E-state index contributed by atoms with van der Waals surface area (Å²) < 4.78 is 39.3. The van der Waals surface area contributed by atoms with E-state index >= 15 is 0 Å². The Labute approximate surface area is 143 Å². The van der Waals surface area contributed by atoms with Crippen LogP contribution in [0.15, 0.2) is 48.5 Å². The zero-order valence-electron chi connectivity index (χ0n) is 13.4. The number of nitrogens with one attached hydrogen (secondary N) is 1. The van der Waals surface area contributed by atoms with E-state index in [1.54, 1.807) is 6.07 Å². The summed E-state index contributed by atoms with van der Waals surface area (Å²) in [6.07, 6.45) is -4.36. The van der Waals surface area contributed by atoms with Crippen LogP contribution < -0.4 is 5.32 Å². The Hall–Kier alpha value is -2.34. The van der Waals surface area contributed by atoms with Crippen molar-refractivity contribution in [2.45, 2.75) is 18.1 Å². The molecule has 0 aliphatic carbocycles. The summed E-state index contributed by atoms with van der Waals surface area (Å²) >= 11 is 0. The molecule has 0 saturated carbocycles. The van der Waals surface area contributed by atoms with Gasteiger partial charge in [0.05, 0.1) is 5.56 Å². The smallest absolute Gasteiger partial charge is 0.353 e. The first-order chi connectivity index (χ1) is 11.9. The lowest BCUT2D eigenvalue weighted by Crippen LogP contribution is -2.53. The van der Waals surface area contributed by atoms with Gasteiger partial charge in [0.1, 0.15) is 6.04 Å². The monoisotopic (exact) mass is 346 g/mol. The molecular formula is C19H17F3N2O. The molecule has 3 nitrogen and oxygen atoms in total. The molecule has 0 bridgehead atoms. The minimum atomic E-state index is -4.36. The van der Waals surface area contributed by atoms with Gasteiger partial charge in [-0.25, -0.2) is 0 Å². The highest BCUT2D eigenvalue weighted by atomic mass is 19.4. The maximum Gasteiger partial charge on any atom is 0.416 e. The van der Waals surface area contributed by atoms with Crippen molar-refractivity contribution < 1.29 is 18.0 Å². The highest BCUT2D eigenvalue weighted by molar-refractivity contribution is 5.85. The van der Waals surface area contributed by atoms with Crippen molar-refractivity contribution in [1.29, 1.82) is 0 Å². The van der Waals surface area contributed by atoms with E-state index in [9.17, 15) is 18.0 Å². The van der Waals surface area contributed by atoms with E-state index in [1.807, 2.05) is 24.3 Å². The fourth-order valence-electron chi connectivity index (χ4n) is 3.88. The summed E-state index contributed by atoms with van der Waals surface area (Å²) in [5, 5.41) is 2.88. The third kappa shape index (κ3) is 2.80. The van der Waals surface area contributed by atoms with Gasteiger partial charge in [-0.05, 0) is 22.8 Å². The molecule has 0 aromatic heterocycles. The lowest BCUT2D eigenvalue weighted by atomic mass is 9.80. The molecule has 25 heavy (non-hydrogen) atoms. The Balaban J connectivity index is 1.80. The Bertz CT molecular complexity index is 818. The van der Waals surface area contributed by atoms with E-state index in [1.165, 1.54) is 12.1 Å². The zero-order chi connectivity index (χ0) is 17.6. The van der Waals surface area contributed by atoms with Crippen LogP contribution >= 0.6 is 0 Å². The van der Waals surface area contributed by atoms with E-state index in [0.29, 0.717) is 25.2 Å². The molecule has 2 atom stereocenters. The van der Waals surface area contributed by atoms with Crippen LogP contribution in [0.1, 0.15) is 34.2 Å². The maximum absolute atomic E-state index is 13.1. The number of alkyl halides is 3. The van der Waals surface area contributed by atoms with Gasteiger partial charge in [-0.3, -0.25) is 9.69 Å². The Morgan fingerprint density at radius 3 is 2.56 bits per heavy atom. The fraction of sp³-hybridized carbons (Fsp3) is 0.316. The van der Waals surface area contributed by atoms with Gasteiger partial charge in [0.25, 0.3) is 0 Å². The molecule has 1 fully saturated rings. The molecule has 2 heterocycles. The quantitative estimate of drug-likeness (QED) is 0.859. The van der Waals surface area contributed by atoms with E-state index < -0.39 is 11.7 Å². The van der Waals surface area contributed by atoms with Gasteiger partial charge in [-0.2, -0.15) is 13.2 Å². The number of rotatable bonds is 1. The SMILES string of the molecule is O=C1NCCN2C[C@@H](c3cccc(C(F)(F)F)c3)c3ccccc3[C@@H]12. The van der Waals surface area contributed by atoms with Crippen LogP contribution in [-0.2, 0) is 11.0 Å². The minimum Gasteiger partial charge on any atom is -0.353 e. The Morgan fingerprint density at radius 2 is 1.80 bits per heavy atom. The molecule has 1 saturated heterocycles. The largest absolute Gasteiger partial charge is 0.416 e.